The van der Waals surface area contributed by atoms with Crippen LogP contribution in [0, 0.1) is 16.0 Å². The van der Waals surface area contributed by atoms with Crippen LogP contribution < -0.4 is 10.2 Å². The molecule has 2 atom stereocenters. The zero-order valence-corrected chi connectivity index (χ0v) is 19.7. The SMILES string of the molecule is O=C(NCCc1cccs1)[C@H]1Cc2cc([N+](=O)[O-])ccc2N2CCN(Cc3ccccc3)C[C@H]12. The lowest BCUT2D eigenvalue weighted by Crippen LogP contribution is -2.61. The smallest absolute Gasteiger partial charge is 0.269 e. The third kappa shape index (κ3) is 4.83. The molecular weight excluding hydrogens is 448 g/mol. The molecule has 0 aliphatic carbocycles. The van der Waals surface area contributed by atoms with E-state index >= 15 is 0 Å². The van der Waals surface area contributed by atoms with E-state index in [1.165, 1.54) is 10.4 Å². The third-order valence-electron chi connectivity index (χ3n) is 6.83. The van der Waals surface area contributed by atoms with Gasteiger partial charge >= 0.3 is 0 Å². The number of anilines is 1. The zero-order chi connectivity index (χ0) is 23.5. The fourth-order valence-corrected chi connectivity index (χ4v) is 5.87. The lowest BCUT2D eigenvalue weighted by Gasteiger charge is -2.49. The number of thiophene rings is 1. The van der Waals surface area contributed by atoms with Gasteiger partial charge in [-0.3, -0.25) is 19.8 Å². The summed E-state index contributed by atoms with van der Waals surface area (Å²) in [5, 5.41) is 16.6. The maximum Gasteiger partial charge on any atom is 0.269 e. The fraction of sp³-hybridized carbons (Fsp3) is 0.346. The van der Waals surface area contributed by atoms with Gasteiger partial charge in [0.05, 0.1) is 16.9 Å². The first kappa shape index (κ1) is 22.6. The van der Waals surface area contributed by atoms with Crippen molar-refractivity contribution in [2.24, 2.45) is 5.92 Å². The molecule has 2 aliphatic heterocycles. The molecule has 1 saturated heterocycles. The molecule has 0 radical (unpaired) electrons. The Morgan fingerprint density at radius 3 is 2.74 bits per heavy atom. The summed E-state index contributed by atoms with van der Waals surface area (Å²) in [6.07, 6.45) is 1.33. The van der Waals surface area contributed by atoms with Gasteiger partial charge in [0.2, 0.25) is 5.91 Å². The van der Waals surface area contributed by atoms with Crippen molar-refractivity contribution in [3.8, 4) is 0 Å². The van der Waals surface area contributed by atoms with Crippen LogP contribution in [-0.2, 0) is 24.2 Å². The minimum atomic E-state index is -0.361. The highest BCUT2D eigenvalue weighted by atomic mass is 32.1. The minimum absolute atomic E-state index is 0.0327. The predicted octanol–water partition coefficient (Wildman–Crippen LogP) is 3.88. The summed E-state index contributed by atoms with van der Waals surface area (Å²) in [4.78, 5) is 30.4. The number of nitro groups is 1. The van der Waals surface area contributed by atoms with Crippen molar-refractivity contribution in [2.75, 3.05) is 31.1 Å². The van der Waals surface area contributed by atoms with Gasteiger partial charge in [-0.15, -0.1) is 11.3 Å². The summed E-state index contributed by atoms with van der Waals surface area (Å²) in [6, 6.07) is 19.6. The summed E-state index contributed by atoms with van der Waals surface area (Å²) in [7, 11) is 0. The van der Waals surface area contributed by atoms with Crippen LogP contribution in [0.1, 0.15) is 16.0 Å². The van der Waals surface area contributed by atoms with E-state index in [2.05, 4.69) is 45.4 Å². The highest BCUT2D eigenvalue weighted by Crippen LogP contribution is 2.38. The largest absolute Gasteiger partial charge is 0.365 e. The predicted molar refractivity (Wildman–Crippen MR) is 134 cm³/mol. The summed E-state index contributed by atoms with van der Waals surface area (Å²) >= 11 is 1.69. The second-order valence-electron chi connectivity index (χ2n) is 8.98. The number of fused-ring (bicyclic) bond motifs is 3. The number of nitrogens with zero attached hydrogens (tertiary/aromatic N) is 3. The van der Waals surface area contributed by atoms with E-state index in [1.54, 1.807) is 23.5 Å². The molecule has 7 nitrogen and oxygen atoms in total. The number of non-ortho nitro benzene ring substituents is 1. The fourth-order valence-electron chi connectivity index (χ4n) is 5.16. The number of rotatable bonds is 7. The van der Waals surface area contributed by atoms with Gasteiger partial charge in [0.1, 0.15) is 0 Å². The molecule has 8 heteroatoms. The second-order valence-corrected chi connectivity index (χ2v) is 10.0. The molecule has 0 spiro atoms. The van der Waals surface area contributed by atoms with E-state index in [9.17, 15) is 14.9 Å². The van der Waals surface area contributed by atoms with Crippen LogP contribution in [0.25, 0.3) is 0 Å². The molecule has 3 heterocycles. The van der Waals surface area contributed by atoms with E-state index in [1.807, 2.05) is 23.6 Å². The van der Waals surface area contributed by atoms with Crippen LogP contribution in [0.5, 0.6) is 0 Å². The monoisotopic (exact) mass is 476 g/mol. The first-order valence-electron chi connectivity index (χ1n) is 11.7. The van der Waals surface area contributed by atoms with E-state index in [0.717, 1.165) is 43.9 Å². The summed E-state index contributed by atoms with van der Waals surface area (Å²) in [5.74, 6) is -0.221. The Morgan fingerprint density at radius 1 is 1.12 bits per heavy atom. The summed E-state index contributed by atoms with van der Waals surface area (Å²) in [5.41, 5.74) is 3.26. The van der Waals surface area contributed by atoms with Gasteiger partial charge in [0, 0.05) is 55.4 Å². The number of carbonyl (C=O) groups excluding carboxylic acids is 1. The number of nitrogens with one attached hydrogen (secondary N) is 1. The van der Waals surface area contributed by atoms with Crippen molar-refractivity contribution in [1.29, 1.82) is 0 Å². The van der Waals surface area contributed by atoms with E-state index in [0.29, 0.717) is 13.0 Å². The Balaban J connectivity index is 1.36. The highest BCUT2D eigenvalue weighted by Gasteiger charge is 2.41. The lowest BCUT2D eigenvalue weighted by atomic mass is 9.83. The van der Waals surface area contributed by atoms with E-state index in [4.69, 9.17) is 0 Å². The average Bonchev–Trinajstić information content (AvgIpc) is 3.37. The normalized spacial score (nSPS) is 19.8. The Bertz CT molecular complexity index is 1150. The van der Waals surface area contributed by atoms with E-state index in [-0.39, 0.29) is 28.5 Å². The quantitative estimate of drug-likeness (QED) is 0.414. The Labute approximate surface area is 203 Å². The third-order valence-corrected chi connectivity index (χ3v) is 7.76. The highest BCUT2D eigenvalue weighted by molar-refractivity contribution is 7.09. The van der Waals surface area contributed by atoms with Gasteiger partial charge in [-0.25, -0.2) is 0 Å². The number of amides is 1. The molecule has 1 N–H and O–H groups in total. The Kier molecular flexibility index (Phi) is 6.60. The van der Waals surface area contributed by atoms with Crippen LogP contribution in [0.4, 0.5) is 11.4 Å². The molecule has 3 aromatic rings. The second kappa shape index (κ2) is 9.95. The van der Waals surface area contributed by atoms with Crippen molar-refractivity contribution >= 4 is 28.6 Å². The van der Waals surface area contributed by atoms with Crippen molar-refractivity contribution in [1.82, 2.24) is 10.2 Å². The number of piperazine rings is 1. The van der Waals surface area contributed by atoms with E-state index < -0.39 is 0 Å². The number of carbonyl (C=O) groups is 1. The van der Waals surface area contributed by atoms with Gasteiger partial charge in [0.15, 0.2) is 0 Å². The number of hydrogen-bond donors (Lipinski definition) is 1. The number of nitro benzene ring substituents is 1. The zero-order valence-electron chi connectivity index (χ0n) is 18.9. The van der Waals surface area contributed by atoms with Gasteiger partial charge in [-0.2, -0.15) is 0 Å². The van der Waals surface area contributed by atoms with Crippen LogP contribution >= 0.6 is 11.3 Å². The van der Waals surface area contributed by atoms with Gasteiger partial charge < -0.3 is 10.2 Å². The van der Waals surface area contributed by atoms with Crippen LogP contribution in [0.3, 0.4) is 0 Å². The Hall–Kier alpha value is -3.23. The van der Waals surface area contributed by atoms with Crippen LogP contribution in [-0.4, -0.2) is 48.0 Å². The lowest BCUT2D eigenvalue weighted by molar-refractivity contribution is -0.384. The minimum Gasteiger partial charge on any atom is -0.365 e. The molecule has 2 aliphatic rings. The van der Waals surface area contributed by atoms with Crippen molar-refractivity contribution in [2.45, 2.75) is 25.4 Å². The van der Waals surface area contributed by atoms with Gasteiger partial charge in [-0.1, -0.05) is 36.4 Å². The van der Waals surface area contributed by atoms with Crippen molar-refractivity contribution < 1.29 is 9.72 Å². The first-order chi connectivity index (χ1) is 16.6. The van der Waals surface area contributed by atoms with Crippen molar-refractivity contribution in [3.05, 3.63) is 92.2 Å². The molecule has 0 saturated carbocycles. The standard InChI is InChI=1S/C26H28N4O3S/c31-26(27-11-10-22-7-4-14-34-22)23-16-20-15-21(30(32)33)8-9-24(20)29-13-12-28(18-25(23)29)17-19-5-2-1-3-6-19/h1-9,14-15,23,25H,10-13,16-18H2,(H,27,31)/t23-,25+/m0/s1. The first-order valence-corrected chi connectivity index (χ1v) is 12.6. The topological polar surface area (TPSA) is 78.7 Å². The Morgan fingerprint density at radius 2 is 1.97 bits per heavy atom. The average molecular weight is 477 g/mol. The van der Waals surface area contributed by atoms with Crippen LogP contribution in [0.2, 0.25) is 0 Å². The molecule has 1 amide bonds. The molecule has 1 fully saturated rings. The molecule has 34 heavy (non-hydrogen) atoms. The van der Waals surface area contributed by atoms with Gasteiger partial charge in [-0.05, 0) is 41.5 Å². The molecule has 5 rings (SSSR count). The molecule has 0 bridgehead atoms. The molecular formula is C26H28N4O3S. The molecule has 1 aromatic heterocycles. The summed E-state index contributed by atoms with van der Waals surface area (Å²) < 4.78 is 0. The molecule has 176 valence electrons. The molecule has 2 aromatic carbocycles. The van der Waals surface area contributed by atoms with Crippen LogP contribution in [0.15, 0.2) is 66.0 Å². The maximum atomic E-state index is 13.4. The summed E-state index contributed by atoms with van der Waals surface area (Å²) in [6.45, 7) is 3.91. The number of hydrogen-bond acceptors (Lipinski definition) is 6. The van der Waals surface area contributed by atoms with Gasteiger partial charge in [0.25, 0.3) is 5.69 Å². The number of benzene rings is 2. The van der Waals surface area contributed by atoms with Crippen molar-refractivity contribution in [3.63, 3.8) is 0 Å². The molecule has 0 unspecified atom stereocenters. The maximum absolute atomic E-state index is 13.4.